The van der Waals surface area contributed by atoms with Gasteiger partial charge >= 0.3 is 0 Å². The first-order valence-electron chi connectivity index (χ1n) is 7.75. The van der Waals surface area contributed by atoms with Crippen LogP contribution in [0.5, 0.6) is 11.5 Å². The first-order valence-corrected chi connectivity index (χ1v) is 7.75. The van der Waals surface area contributed by atoms with Crippen molar-refractivity contribution in [2.75, 3.05) is 24.8 Å². The second kappa shape index (κ2) is 5.54. The number of nitrogens with two attached hydrogens (primary N) is 1. The lowest BCUT2D eigenvalue weighted by Crippen LogP contribution is -2.46. The zero-order valence-corrected chi connectivity index (χ0v) is 12.4. The van der Waals surface area contributed by atoms with Gasteiger partial charge in [-0.05, 0) is 24.1 Å². The Balaban J connectivity index is 1.59. The quantitative estimate of drug-likeness (QED) is 0.925. The van der Waals surface area contributed by atoms with Crippen LogP contribution in [0.4, 0.5) is 5.69 Å². The summed E-state index contributed by atoms with van der Waals surface area (Å²) in [6, 6.07) is 17.0. The molecular formula is C18H20N2O2. The molecule has 2 heterocycles. The number of anilines is 1. The number of nitrogens with zero attached hydrogens (tertiary/aromatic N) is 1. The average Bonchev–Trinajstić information content (AvgIpc) is 3.02. The third-order valence-corrected chi connectivity index (χ3v) is 4.48. The molecular weight excluding hydrogens is 276 g/mol. The summed E-state index contributed by atoms with van der Waals surface area (Å²) in [7, 11) is 0. The third-order valence-electron chi connectivity index (χ3n) is 4.48. The van der Waals surface area contributed by atoms with Crippen molar-refractivity contribution in [2.24, 2.45) is 5.73 Å². The number of rotatable bonds is 2. The molecule has 4 heteroatoms. The largest absolute Gasteiger partial charge is 0.454 e. The highest BCUT2D eigenvalue weighted by Gasteiger charge is 2.27. The summed E-state index contributed by atoms with van der Waals surface area (Å²) < 4.78 is 10.9. The molecule has 0 spiro atoms. The lowest BCUT2D eigenvalue weighted by Gasteiger charge is -2.38. The Morgan fingerprint density at radius 3 is 2.64 bits per heavy atom. The van der Waals surface area contributed by atoms with Crippen LogP contribution in [0.2, 0.25) is 0 Å². The summed E-state index contributed by atoms with van der Waals surface area (Å²) in [6.07, 6.45) is 1.03. The minimum absolute atomic E-state index is 0.185. The van der Waals surface area contributed by atoms with Crippen LogP contribution < -0.4 is 20.1 Å². The van der Waals surface area contributed by atoms with Gasteiger partial charge in [-0.15, -0.1) is 0 Å². The van der Waals surface area contributed by atoms with E-state index in [1.165, 1.54) is 5.56 Å². The summed E-state index contributed by atoms with van der Waals surface area (Å²) in [5.41, 5.74) is 8.82. The van der Waals surface area contributed by atoms with Crippen LogP contribution in [0, 0.1) is 0 Å². The minimum Gasteiger partial charge on any atom is -0.454 e. The van der Waals surface area contributed by atoms with Crippen molar-refractivity contribution in [3.63, 3.8) is 0 Å². The maximum atomic E-state index is 6.31. The lowest BCUT2D eigenvalue weighted by atomic mass is 9.88. The van der Waals surface area contributed by atoms with Gasteiger partial charge in [0, 0.05) is 36.8 Å². The molecule has 2 aromatic rings. The molecule has 0 radical (unpaired) electrons. The van der Waals surface area contributed by atoms with E-state index >= 15 is 0 Å². The second-order valence-electron chi connectivity index (χ2n) is 6.05. The van der Waals surface area contributed by atoms with Crippen LogP contribution in [0.1, 0.15) is 17.9 Å². The Kier molecular flexibility index (Phi) is 3.39. The Morgan fingerprint density at radius 1 is 0.955 bits per heavy atom. The van der Waals surface area contributed by atoms with Gasteiger partial charge in [-0.25, -0.2) is 0 Å². The summed E-state index contributed by atoms with van der Waals surface area (Å²) >= 11 is 0. The van der Waals surface area contributed by atoms with Crippen molar-refractivity contribution in [3.05, 3.63) is 54.1 Å². The molecule has 0 aromatic heterocycles. The number of hydrogen-bond acceptors (Lipinski definition) is 4. The van der Waals surface area contributed by atoms with E-state index in [1.54, 1.807) is 0 Å². The van der Waals surface area contributed by atoms with Crippen LogP contribution in [-0.2, 0) is 0 Å². The van der Waals surface area contributed by atoms with Gasteiger partial charge in [0.25, 0.3) is 0 Å². The zero-order valence-electron chi connectivity index (χ0n) is 12.4. The number of hydrogen-bond donors (Lipinski definition) is 1. The highest BCUT2D eigenvalue weighted by Crippen LogP contribution is 2.37. The van der Waals surface area contributed by atoms with Crippen LogP contribution in [0.3, 0.4) is 0 Å². The fourth-order valence-corrected chi connectivity index (χ4v) is 3.40. The van der Waals surface area contributed by atoms with E-state index in [0.717, 1.165) is 36.7 Å². The molecule has 2 aromatic carbocycles. The van der Waals surface area contributed by atoms with Crippen LogP contribution in [-0.4, -0.2) is 25.9 Å². The van der Waals surface area contributed by atoms with Gasteiger partial charge in [0.15, 0.2) is 11.5 Å². The molecule has 0 saturated carbocycles. The van der Waals surface area contributed by atoms with Crippen molar-refractivity contribution in [2.45, 2.75) is 18.4 Å². The Morgan fingerprint density at radius 2 is 1.77 bits per heavy atom. The molecule has 4 nitrogen and oxygen atoms in total. The van der Waals surface area contributed by atoms with E-state index in [9.17, 15) is 0 Å². The van der Waals surface area contributed by atoms with Crippen molar-refractivity contribution < 1.29 is 9.47 Å². The van der Waals surface area contributed by atoms with E-state index in [1.807, 2.05) is 6.07 Å². The maximum Gasteiger partial charge on any atom is 0.231 e. The molecule has 2 atom stereocenters. The molecule has 22 heavy (non-hydrogen) atoms. The van der Waals surface area contributed by atoms with E-state index < -0.39 is 0 Å². The fraction of sp³-hybridized carbons (Fsp3) is 0.333. The smallest absolute Gasteiger partial charge is 0.231 e. The second-order valence-corrected chi connectivity index (χ2v) is 6.05. The van der Waals surface area contributed by atoms with Crippen molar-refractivity contribution in [3.8, 4) is 11.5 Å². The summed E-state index contributed by atoms with van der Waals surface area (Å²) in [5, 5.41) is 0. The molecule has 2 aliphatic heterocycles. The highest BCUT2D eigenvalue weighted by molar-refractivity contribution is 5.58. The summed E-state index contributed by atoms with van der Waals surface area (Å²) in [5.74, 6) is 2.12. The SMILES string of the molecule is NC1CC(c2ccccc2)CN(c2ccc3c(c2)OCO3)C1. The normalized spacial score (nSPS) is 23.6. The van der Waals surface area contributed by atoms with Crippen molar-refractivity contribution in [1.82, 2.24) is 0 Å². The molecule has 0 aliphatic carbocycles. The number of fused-ring (bicyclic) bond motifs is 1. The number of benzene rings is 2. The van der Waals surface area contributed by atoms with Crippen LogP contribution in [0.25, 0.3) is 0 Å². The average molecular weight is 296 g/mol. The molecule has 2 aliphatic rings. The lowest BCUT2D eigenvalue weighted by molar-refractivity contribution is 0.174. The molecule has 114 valence electrons. The third kappa shape index (κ3) is 2.50. The molecule has 1 fully saturated rings. The predicted molar refractivity (Wildman–Crippen MR) is 86.6 cm³/mol. The molecule has 0 amide bonds. The van der Waals surface area contributed by atoms with E-state index in [2.05, 4.69) is 47.4 Å². The minimum atomic E-state index is 0.185. The van der Waals surface area contributed by atoms with Gasteiger partial charge in [0.2, 0.25) is 6.79 Å². The topological polar surface area (TPSA) is 47.7 Å². The van der Waals surface area contributed by atoms with E-state index in [0.29, 0.717) is 12.7 Å². The van der Waals surface area contributed by atoms with Crippen molar-refractivity contribution in [1.29, 1.82) is 0 Å². The van der Waals surface area contributed by atoms with Crippen molar-refractivity contribution >= 4 is 5.69 Å². The molecule has 2 N–H and O–H groups in total. The number of ether oxygens (including phenoxy) is 2. The van der Waals surface area contributed by atoms with Gasteiger partial charge in [-0.3, -0.25) is 0 Å². The molecule has 4 rings (SSSR count). The molecule has 0 bridgehead atoms. The van der Waals surface area contributed by atoms with Gasteiger partial charge in [0.1, 0.15) is 0 Å². The monoisotopic (exact) mass is 296 g/mol. The first kappa shape index (κ1) is 13.5. The van der Waals surface area contributed by atoms with Gasteiger partial charge in [-0.2, -0.15) is 0 Å². The predicted octanol–water partition coefficient (Wildman–Crippen LogP) is 2.74. The zero-order chi connectivity index (χ0) is 14.9. The Labute approximate surface area is 130 Å². The number of piperidine rings is 1. The Hall–Kier alpha value is -2.20. The van der Waals surface area contributed by atoms with Gasteiger partial charge in [-0.1, -0.05) is 30.3 Å². The van der Waals surface area contributed by atoms with Gasteiger partial charge < -0.3 is 20.1 Å². The molecule has 1 saturated heterocycles. The van der Waals surface area contributed by atoms with E-state index in [-0.39, 0.29) is 6.04 Å². The molecule has 2 unspecified atom stereocenters. The maximum absolute atomic E-state index is 6.31. The van der Waals surface area contributed by atoms with Gasteiger partial charge in [0.05, 0.1) is 0 Å². The fourth-order valence-electron chi connectivity index (χ4n) is 3.40. The van der Waals surface area contributed by atoms with Crippen LogP contribution >= 0.6 is 0 Å². The van der Waals surface area contributed by atoms with E-state index in [4.69, 9.17) is 15.2 Å². The summed E-state index contributed by atoms with van der Waals surface area (Å²) in [4.78, 5) is 2.35. The highest BCUT2D eigenvalue weighted by atomic mass is 16.7. The first-order chi connectivity index (χ1) is 10.8. The standard InChI is InChI=1S/C18H20N2O2/c19-15-8-14(13-4-2-1-3-5-13)10-20(11-15)16-6-7-17-18(9-16)22-12-21-17/h1-7,9,14-15H,8,10-12,19H2. The summed E-state index contributed by atoms with van der Waals surface area (Å²) in [6.45, 7) is 2.17. The van der Waals surface area contributed by atoms with Crippen LogP contribution in [0.15, 0.2) is 48.5 Å². The Bertz CT molecular complexity index is 659.